The molecule has 3 rings (SSSR count). The Bertz CT molecular complexity index is 987. The van der Waals surface area contributed by atoms with Crippen LogP contribution in [0.15, 0.2) is 42.5 Å². The van der Waals surface area contributed by atoms with Crippen LogP contribution in [0.4, 0.5) is 4.79 Å². The van der Waals surface area contributed by atoms with Gasteiger partial charge in [-0.2, -0.15) is 0 Å². The second-order valence-electron chi connectivity index (χ2n) is 7.60. The molecule has 1 heterocycles. The van der Waals surface area contributed by atoms with E-state index < -0.39 is 6.16 Å². The molecule has 176 valence electrons. The number of benzene rings is 2. The molecular formula is C24H27ClN2O6. The van der Waals surface area contributed by atoms with Gasteiger partial charge in [-0.1, -0.05) is 11.6 Å². The Morgan fingerprint density at radius 2 is 1.79 bits per heavy atom. The van der Waals surface area contributed by atoms with Gasteiger partial charge < -0.3 is 24.4 Å². The van der Waals surface area contributed by atoms with Gasteiger partial charge in [0, 0.05) is 30.2 Å². The average Bonchev–Trinajstić information content (AvgIpc) is 2.83. The molecule has 0 bridgehead atoms. The zero-order chi connectivity index (χ0) is 23.8. The summed E-state index contributed by atoms with van der Waals surface area (Å²) in [6.45, 7) is 3.62. The molecule has 1 aliphatic heterocycles. The molecule has 0 saturated carbocycles. The number of hydrogen-bond donors (Lipinski definition) is 1. The Balaban J connectivity index is 1.47. The largest absolute Gasteiger partial charge is 0.513 e. The van der Waals surface area contributed by atoms with E-state index in [-0.39, 0.29) is 24.3 Å². The maximum atomic E-state index is 12.8. The highest BCUT2D eigenvalue weighted by Crippen LogP contribution is 2.24. The first-order valence-electron chi connectivity index (χ1n) is 10.8. The predicted molar refractivity (Wildman–Crippen MR) is 123 cm³/mol. The number of piperidine rings is 1. The zero-order valence-corrected chi connectivity index (χ0v) is 19.4. The van der Waals surface area contributed by atoms with E-state index in [1.807, 2.05) is 0 Å². The van der Waals surface area contributed by atoms with E-state index in [0.29, 0.717) is 47.3 Å². The smallest absolute Gasteiger partial charge is 0.496 e. The van der Waals surface area contributed by atoms with Crippen molar-refractivity contribution in [2.24, 2.45) is 5.92 Å². The van der Waals surface area contributed by atoms with Crippen LogP contribution in [-0.2, 0) is 4.74 Å². The van der Waals surface area contributed by atoms with Gasteiger partial charge in [-0.25, -0.2) is 4.79 Å². The number of carbonyl (C=O) groups is 3. The van der Waals surface area contributed by atoms with Crippen molar-refractivity contribution in [2.75, 3.05) is 33.4 Å². The highest BCUT2D eigenvalue weighted by molar-refractivity contribution is 6.31. The Morgan fingerprint density at radius 1 is 1.09 bits per heavy atom. The fourth-order valence-corrected chi connectivity index (χ4v) is 3.79. The lowest BCUT2D eigenvalue weighted by Crippen LogP contribution is -2.41. The lowest BCUT2D eigenvalue weighted by atomic mass is 9.96. The lowest BCUT2D eigenvalue weighted by molar-refractivity contribution is 0.0684. The Hall–Kier alpha value is -3.26. The van der Waals surface area contributed by atoms with Crippen LogP contribution in [-0.4, -0.2) is 56.2 Å². The minimum Gasteiger partial charge on any atom is -0.496 e. The van der Waals surface area contributed by atoms with Crippen LogP contribution in [0.2, 0.25) is 5.02 Å². The van der Waals surface area contributed by atoms with E-state index in [9.17, 15) is 14.4 Å². The molecule has 1 fully saturated rings. The van der Waals surface area contributed by atoms with E-state index in [0.717, 1.165) is 12.8 Å². The van der Waals surface area contributed by atoms with Crippen molar-refractivity contribution in [3.8, 4) is 11.5 Å². The van der Waals surface area contributed by atoms with Crippen molar-refractivity contribution in [2.45, 2.75) is 19.8 Å². The van der Waals surface area contributed by atoms with Crippen LogP contribution >= 0.6 is 11.6 Å². The number of nitrogens with one attached hydrogen (secondary N) is 1. The molecule has 0 aliphatic carbocycles. The third-order valence-corrected chi connectivity index (χ3v) is 5.66. The number of likely N-dealkylation sites (tertiary alicyclic amines) is 1. The first kappa shape index (κ1) is 24.4. The number of methoxy groups -OCH3 is 1. The van der Waals surface area contributed by atoms with Gasteiger partial charge in [0.05, 0.1) is 19.3 Å². The molecule has 9 heteroatoms. The van der Waals surface area contributed by atoms with Crippen LogP contribution in [0.25, 0.3) is 0 Å². The van der Waals surface area contributed by atoms with E-state index in [4.69, 9.17) is 25.8 Å². The number of ether oxygens (including phenoxy) is 3. The highest BCUT2D eigenvalue weighted by atomic mass is 35.5. The number of amides is 2. The van der Waals surface area contributed by atoms with Gasteiger partial charge in [0.15, 0.2) is 0 Å². The SMILES string of the molecule is CCOC(=O)Oc1ccc(C(=O)N2CCC(CNC(=O)c3cc(Cl)ccc3OC)CC2)cc1. The summed E-state index contributed by atoms with van der Waals surface area (Å²) in [5.74, 6) is 0.733. The predicted octanol–water partition coefficient (Wildman–Crippen LogP) is 4.17. The fourth-order valence-electron chi connectivity index (χ4n) is 3.62. The summed E-state index contributed by atoms with van der Waals surface area (Å²) >= 11 is 6.01. The van der Waals surface area contributed by atoms with Crippen LogP contribution in [0.5, 0.6) is 11.5 Å². The molecule has 0 spiro atoms. The van der Waals surface area contributed by atoms with Crippen LogP contribution in [0, 0.1) is 5.92 Å². The van der Waals surface area contributed by atoms with E-state index >= 15 is 0 Å². The lowest BCUT2D eigenvalue weighted by Gasteiger charge is -2.32. The van der Waals surface area contributed by atoms with Crippen molar-refractivity contribution in [1.29, 1.82) is 0 Å². The molecule has 0 atom stereocenters. The first-order chi connectivity index (χ1) is 15.9. The molecule has 2 aromatic rings. The molecule has 2 aromatic carbocycles. The summed E-state index contributed by atoms with van der Waals surface area (Å²) < 4.78 is 15.0. The van der Waals surface area contributed by atoms with Crippen molar-refractivity contribution in [3.63, 3.8) is 0 Å². The standard InChI is InChI=1S/C24H27ClN2O6/c1-3-32-24(30)33-19-7-4-17(5-8-19)23(29)27-12-10-16(11-13-27)15-26-22(28)20-14-18(25)6-9-21(20)31-2/h4-9,14,16H,3,10-13,15H2,1-2H3,(H,26,28). The minimum atomic E-state index is -0.778. The molecule has 0 radical (unpaired) electrons. The van der Waals surface area contributed by atoms with E-state index in [2.05, 4.69) is 5.32 Å². The van der Waals surface area contributed by atoms with Gasteiger partial charge in [0.1, 0.15) is 11.5 Å². The Kier molecular flexibility index (Phi) is 8.54. The maximum Gasteiger partial charge on any atom is 0.513 e. The van der Waals surface area contributed by atoms with Crippen molar-refractivity contribution < 1.29 is 28.6 Å². The first-order valence-corrected chi connectivity index (χ1v) is 11.1. The number of hydrogen-bond acceptors (Lipinski definition) is 6. The van der Waals surface area contributed by atoms with Crippen LogP contribution in [0.1, 0.15) is 40.5 Å². The average molecular weight is 475 g/mol. The number of carbonyl (C=O) groups excluding carboxylic acids is 3. The van der Waals surface area contributed by atoms with Crippen LogP contribution in [0.3, 0.4) is 0 Å². The zero-order valence-electron chi connectivity index (χ0n) is 18.6. The number of rotatable bonds is 7. The van der Waals surface area contributed by atoms with Crippen molar-refractivity contribution in [1.82, 2.24) is 10.2 Å². The van der Waals surface area contributed by atoms with Gasteiger partial charge in [-0.15, -0.1) is 0 Å². The third-order valence-electron chi connectivity index (χ3n) is 5.42. The Morgan fingerprint density at radius 3 is 2.42 bits per heavy atom. The molecule has 8 nitrogen and oxygen atoms in total. The quantitative estimate of drug-likeness (QED) is 0.478. The Labute approximate surface area is 197 Å². The highest BCUT2D eigenvalue weighted by Gasteiger charge is 2.24. The normalized spacial score (nSPS) is 13.8. The van der Waals surface area contributed by atoms with E-state index in [1.165, 1.54) is 7.11 Å². The molecular weight excluding hydrogens is 448 g/mol. The van der Waals surface area contributed by atoms with Gasteiger partial charge in [-0.3, -0.25) is 9.59 Å². The molecule has 1 aliphatic rings. The fraction of sp³-hybridized carbons (Fsp3) is 0.375. The number of nitrogens with zero attached hydrogens (tertiary/aromatic N) is 1. The maximum absolute atomic E-state index is 12.8. The molecule has 0 unspecified atom stereocenters. The summed E-state index contributed by atoms with van der Waals surface area (Å²) in [5.41, 5.74) is 0.916. The molecule has 1 N–H and O–H groups in total. The monoisotopic (exact) mass is 474 g/mol. The van der Waals surface area contributed by atoms with Gasteiger partial charge in [0.2, 0.25) is 0 Å². The van der Waals surface area contributed by atoms with Crippen molar-refractivity contribution >= 4 is 29.6 Å². The van der Waals surface area contributed by atoms with Crippen molar-refractivity contribution in [3.05, 3.63) is 58.6 Å². The summed E-state index contributed by atoms with van der Waals surface area (Å²) in [6.07, 6.45) is 0.783. The van der Waals surface area contributed by atoms with Gasteiger partial charge in [0.25, 0.3) is 11.8 Å². The summed E-state index contributed by atoms with van der Waals surface area (Å²) in [5, 5.41) is 3.41. The summed E-state index contributed by atoms with van der Waals surface area (Å²) in [4.78, 5) is 38.5. The van der Waals surface area contributed by atoms with Gasteiger partial charge >= 0.3 is 6.16 Å². The molecule has 1 saturated heterocycles. The molecule has 0 aromatic heterocycles. The summed E-state index contributed by atoms with van der Waals surface area (Å²) in [6, 6.07) is 11.3. The summed E-state index contributed by atoms with van der Waals surface area (Å²) in [7, 11) is 1.51. The topological polar surface area (TPSA) is 94.2 Å². The number of halogens is 1. The minimum absolute atomic E-state index is 0.0798. The van der Waals surface area contributed by atoms with Gasteiger partial charge in [-0.05, 0) is 68.1 Å². The van der Waals surface area contributed by atoms with Crippen LogP contribution < -0.4 is 14.8 Å². The third kappa shape index (κ3) is 6.61. The van der Waals surface area contributed by atoms with E-state index in [1.54, 1.807) is 54.3 Å². The second-order valence-corrected chi connectivity index (χ2v) is 8.04. The second kappa shape index (κ2) is 11.6. The molecule has 2 amide bonds. The molecule has 33 heavy (non-hydrogen) atoms.